The first-order valence-corrected chi connectivity index (χ1v) is 12.5. The third kappa shape index (κ3) is 7.49. The van der Waals surface area contributed by atoms with E-state index in [0.29, 0.717) is 11.4 Å². The predicted octanol–water partition coefficient (Wildman–Crippen LogP) is 2.71. The number of nitrogens with one attached hydrogen (secondary N) is 1. The lowest BCUT2D eigenvalue weighted by Crippen LogP contribution is -2.52. The van der Waals surface area contributed by atoms with Gasteiger partial charge in [0.25, 0.3) is 0 Å². The molecule has 0 heterocycles. The molecular weight excluding hydrogens is 442 g/mol. The molecule has 1 atom stereocenters. The second kappa shape index (κ2) is 11.2. The molecule has 2 aromatic carbocycles. The minimum absolute atomic E-state index is 0.0991. The number of hydrogen-bond acceptors (Lipinski definition) is 5. The number of ether oxygens (including phenoxy) is 1. The number of rotatable bonds is 10. The molecule has 0 saturated heterocycles. The van der Waals surface area contributed by atoms with Crippen molar-refractivity contribution in [2.24, 2.45) is 0 Å². The fourth-order valence-electron chi connectivity index (χ4n) is 3.24. The first-order valence-electron chi connectivity index (χ1n) is 10.7. The topological polar surface area (TPSA) is 96.0 Å². The van der Waals surface area contributed by atoms with Gasteiger partial charge < -0.3 is 15.0 Å². The lowest BCUT2D eigenvalue weighted by molar-refractivity contribution is -0.139. The van der Waals surface area contributed by atoms with Crippen molar-refractivity contribution >= 4 is 27.5 Å². The van der Waals surface area contributed by atoms with Crippen LogP contribution in [0, 0.1) is 6.92 Å². The highest BCUT2D eigenvalue weighted by atomic mass is 32.2. The van der Waals surface area contributed by atoms with E-state index in [-0.39, 0.29) is 18.5 Å². The van der Waals surface area contributed by atoms with Crippen molar-refractivity contribution in [2.45, 2.75) is 46.3 Å². The summed E-state index contributed by atoms with van der Waals surface area (Å²) in [4.78, 5) is 27.5. The molecule has 0 radical (unpaired) electrons. The van der Waals surface area contributed by atoms with Gasteiger partial charge in [0.2, 0.25) is 21.8 Å². The third-order valence-electron chi connectivity index (χ3n) is 5.11. The standard InChI is InChI=1S/C24H33N3O5S/c1-17(2)25-24(29)19(4)26(15-20-9-13-22(32-5)14-10-20)23(28)16-27(33(6,30)31)21-11-7-18(3)8-12-21/h7-14,17,19H,15-16H2,1-6H3,(H,25,29)/t19-/m1/s1. The number of methoxy groups -OCH3 is 1. The quantitative estimate of drug-likeness (QED) is 0.570. The largest absolute Gasteiger partial charge is 0.497 e. The van der Waals surface area contributed by atoms with Gasteiger partial charge in [-0.2, -0.15) is 0 Å². The van der Waals surface area contributed by atoms with Crippen LogP contribution < -0.4 is 14.4 Å². The van der Waals surface area contributed by atoms with E-state index in [9.17, 15) is 18.0 Å². The van der Waals surface area contributed by atoms with Crippen LogP contribution in [0.5, 0.6) is 5.75 Å². The number of benzene rings is 2. The van der Waals surface area contributed by atoms with Crippen LogP contribution in [-0.2, 0) is 26.2 Å². The molecule has 2 rings (SSSR count). The number of nitrogens with zero attached hydrogens (tertiary/aromatic N) is 2. The molecule has 33 heavy (non-hydrogen) atoms. The first-order chi connectivity index (χ1) is 15.4. The summed E-state index contributed by atoms with van der Waals surface area (Å²) in [5, 5.41) is 2.82. The van der Waals surface area contributed by atoms with Crippen LogP contribution in [0.15, 0.2) is 48.5 Å². The van der Waals surface area contributed by atoms with Gasteiger partial charge in [0, 0.05) is 12.6 Å². The van der Waals surface area contributed by atoms with Gasteiger partial charge >= 0.3 is 0 Å². The summed E-state index contributed by atoms with van der Waals surface area (Å²) in [6.45, 7) is 6.92. The van der Waals surface area contributed by atoms with E-state index in [1.165, 1.54) is 4.90 Å². The molecule has 1 N–H and O–H groups in total. The molecule has 0 bridgehead atoms. The van der Waals surface area contributed by atoms with E-state index in [0.717, 1.165) is 21.7 Å². The molecule has 180 valence electrons. The number of anilines is 1. The zero-order valence-electron chi connectivity index (χ0n) is 20.0. The molecule has 0 aliphatic rings. The van der Waals surface area contributed by atoms with Crippen LogP contribution in [-0.4, -0.2) is 57.1 Å². The van der Waals surface area contributed by atoms with E-state index in [2.05, 4.69) is 5.32 Å². The molecule has 8 nitrogen and oxygen atoms in total. The maximum Gasteiger partial charge on any atom is 0.244 e. The SMILES string of the molecule is COc1ccc(CN(C(=O)CN(c2ccc(C)cc2)S(C)(=O)=O)[C@H](C)C(=O)NC(C)C)cc1. The highest BCUT2D eigenvalue weighted by Gasteiger charge is 2.30. The minimum atomic E-state index is -3.74. The van der Waals surface area contributed by atoms with Crippen LogP contribution >= 0.6 is 0 Å². The van der Waals surface area contributed by atoms with Crippen LogP contribution in [0.4, 0.5) is 5.69 Å². The van der Waals surface area contributed by atoms with Crippen LogP contribution in [0.25, 0.3) is 0 Å². The molecule has 0 aliphatic heterocycles. The Hall–Kier alpha value is -3.07. The average molecular weight is 476 g/mol. The lowest BCUT2D eigenvalue weighted by atomic mass is 10.1. The zero-order chi connectivity index (χ0) is 24.8. The van der Waals surface area contributed by atoms with Crippen molar-refractivity contribution in [3.63, 3.8) is 0 Å². The van der Waals surface area contributed by atoms with Crippen LogP contribution in [0.2, 0.25) is 0 Å². The summed E-state index contributed by atoms with van der Waals surface area (Å²) in [5.41, 5.74) is 2.15. The summed E-state index contributed by atoms with van der Waals surface area (Å²) < 4.78 is 31.3. The van der Waals surface area contributed by atoms with Gasteiger partial charge in [-0.25, -0.2) is 8.42 Å². The Labute approximate surface area is 196 Å². The van der Waals surface area contributed by atoms with Gasteiger partial charge in [0.05, 0.1) is 19.1 Å². The number of hydrogen-bond donors (Lipinski definition) is 1. The van der Waals surface area contributed by atoms with E-state index in [1.54, 1.807) is 62.6 Å². The molecule has 0 fully saturated rings. The van der Waals surface area contributed by atoms with E-state index < -0.39 is 28.5 Å². The maximum absolute atomic E-state index is 13.4. The maximum atomic E-state index is 13.4. The van der Waals surface area contributed by atoms with Gasteiger partial charge in [0.15, 0.2) is 0 Å². The molecular formula is C24H33N3O5S. The van der Waals surface area contributed by atoms with Crippen molar-refractivity contribution < 1.29 is 22.7 Å². The van der Waals surface area contributed by atoms with Crippen molar-refractivity contribution in [1.82, 2.24) is 10.2 Å². The summed E-state index contributed by atoms with van der Waals surface area (Å²) in [6, 6.07) is 13.1. The molecule has 0 saturated carbocycles. The second-order valence-corrected chi connectivity index (χ2v) is 10.2. The Bertz CT molecular complexity index is 1050. The fraction of sp³-hybridized carbons (Fsp3) is 0.417. The summed E-state index contributed by atoms with van der Waals surface area (Å²) in [7, 11) is -2.17. The monoisotopic (exact) mass is 475 g/mol. The highest BCUT2D eigenvalue weighted by molar-refractivity contribution is 7.92. The van der Waals surface area contributed by atoms with E-state index in [4.69, 9.17) is 4.74 Å². The normalized spacial score (nSPS) is 12.2. The van der Waals surface area contributed by atoms with Gasteiger partial charge in [-0.05, 0) is 57.5 Å². The number of amides is 2. The molecule has 0 spiro atoms. The van der Waals surface area contributed by atoms with Crippen molar-refractivity contribution in [3.05, 3.63) is 59.7 Å². The van der Waals surface area contributed by atoms with Crippen molar-refractivity contribution in [1.29, 1.82) is 0 Å². The Morgan fingerprint density at radius 1 is 1.00 bits per heavy atom. The Kier molecular flexibility index (Phi) is 8.87. The summed E-state index contributed by atoms with van der Waals surface area (Å²) >= 11 is 0. The summed E-state index contributed by atoms with van der Waals surface area (Å²) in [5.74, 6) is -0.124. The van der Waals surface area contributed by atoms with Gasteiger partial charge in [0.1, 0.15) is 18.3 Å². The van der Waals surface area contributed by atoms with E-state index in [1.807, 2.05) is 20.8 Å². The Morgan fingerprint density at radius 3 is 2.06 bits per heavy atom. The zero-order valence-corrected chi connectivity index (χ0v) is 20.8. The third-order valence-corrected chi connectivity index (χ3v) is 6.25. The fourth-order valence-corrected chi connectivity index (χ4v) is 4.09. The van der Waals surface area contributed by atoms with Gasteiger partial charge in [-0.3, -0.25) is 13.9 Å². The smallest absolute Gasteiger partial charge is 0.244 e. The average Bonchev–Trinajstić information content (AvgIpc) is 2.75. The van der Waals surface area contributed by atoms with Crippen LogP contribution in [0.1, 0.15) is 31.9 Å². The lowest BCUT2D eigenvalue weighted by Gasteiger charge is -2.32. The number of carbonyl (C=O) groups excluding carboxylic acids is 2. The Balaban J connectivity index is 2.36. The van der Waals surface area contributed by atoms with Gasteiger partial charge in [-0.1, -0.05) is 29.8 Å². The molecule has 0 unspecified atom stereocenters. The second-order valence-electron chi connectivity index (χ2n) is 8.31. The number of carbonyl (C=O) groups is 2. The minimum Gasteiger partial charge on any atom is -0.497 e. The van der Waals surface area contributed by atoms with E-state index >= 15 is 0 Å². The molecule has 2 amide bonds. The predicted molar refractivity (Wildman–Crippen MR) is 130 cm³/mol. The summed E-state index contributed by atoms with van der Waals surface area (Å²) in [6.07, 6.45) is 1.06. The molecule has 0 aromatic heterocycles. The van der Waals surface area contributed by atoms with Crippen LogP contribution in [0.3, 0.4) is 0 Å². The van der Waals surface area contributed by atoms with Gasteiger partial charge in [-0.15, -0.1) is 0 Å². The highest BCUT2D eigenvalue weighted by Crippen LogP contribution is 2.20. The Morgan fingerprint density at radius 2 is 1.58 bits per heavy atom. The molecule has 0 aliphatic carbocycles. The van der Waals surface area contributed by atoms with Crippen molar-refractivity contribution in [3.8, 4) is 5.75 Å². The number of aryl methyl sites for hydroxylation is 1. The van der Waals surface area contributed by atoms with Crippen molar-refractivity contribution in [2.75, 3.05) is 24.2 Å². The first kappa shape index (κ1) is 26.2. The number of sulfonamides is 1. The molecule has 9 heteroatoms. The molecule has 2 aromatic rings.